The van der Waals surface area contributed by atoms with Crippen LogP contribution in [0, 0.1) is 0 Å². The van der Waals surface area contributed by atoms with Crippen molar-refractivity contribution in [1.82, 2.24) is 5.32 Å². The van der Waals surface area contributed by atoms with E-state index in [4.69, 9.17) is 9.47 Å². The van der Waals surface area contributed by atoms with E-state index in [2.05, 4.69) is 86.8 Å². The predicted octanol–water partition coefficient (Wildman–Crippen LogP) is 7.28. The summed E-state index contributed by atoms with van der Waals surface area (Å²) in [6.45, 7) is 7.05. The van der Waals surface area contributed by atoms with Gasteiger partial charge in [0.15, 0.2) is 0 Å². The largest absolute Gasteiger partial charge is 0.497 e. The van der Waals surface area contributed by atoms with Crippen LogP contribution in [0.25, 0.3) is 21.9 Å². The third-order valence-corrected chi connectivity index (χ3v) is 6.52. The van der Waals surface area contributed by atoms with Crippen molar-refractivity contribution in [3.05, 3.63) is 101 Å². The summed E-state index contributed by atoms with van der Waals surface area (Å²) in [4.78, 5) is 12.6. The average molecular weight is 468 g/mol. The molecule has 180 valence electrons. The lowest BCUT2D eigenvalue weighted by molar-refractivity contribution is 0.0599. The van der Waals surface area contributed by atoms with E-state index in [0.717, 1.165) is 27.8 Å². The maximum absolute atomic E-state index is 12.6. The second-order valence-corrected chi connectivity index (χ2v) is 9.19. The second kappa shape index (κ2) is 10.7. The highest BCUT2D eigenvalue weighted by Gasteiger charge is 2.17. The molecule has 0 amide bonds. The Kier molecular flexibility index (Phi) is 7.52. The molecule has 0 heterocycles. The van der Waals surface area contributed by atoms with E-state index in [0.29, 0.717) is 12.1 Å². The number of methoxy groups -OCH3 is 2. The van der Waals surface area contributed by atoms with Crippen LogP contribution in [0.15, 0.2) is 78.9 Å². The van der Waals surface area contributed by atoms with E-state index in [1.807, 2.05) is 18.2 Å². The molecule has 0 bridgehead atoms. The molecule has 35 heavy (non-hydrogen) atoms. The highest BCUT2D eigenvalue weighted by atomic mass is 16.5. The molecule has 4 nitrogen and oxygen atoms in total. The molecule has 0 aromatic heterocycles. The Morgan fingerprint density at radius 2 is 1.69 bits per heavy atom. The van der Waals surface area contributed by atoms with E-state index in [-0.39, 0.29) is 17.9 Å². The van der Waals surface area contributed by atoms with Gasteiger partial charge in [0, 0.05) is 12.6 Å². The minimum atomic E-state index is -0.301. The minimum Gasteiger partial charge on any atom is -0.497 e. The zero-order valence-corrected chi connectivity index (χ0v) is 21.1. The third kappa shape index (κ3) is 5.39. The molecule has 1 unspecified atom stereocenters. The first-order valence-corrected chi connectivity index (χ1v) is 12.0. The van der Waals surface area contributed by atoms with Gasteiger partial charge in [-0.05, 0) is 81.8 Å². The van der Waals surface area contributed by atoms with Crippen LogP contribution in [0.4, 0.5) is 0 Å². The summed E-state index contributed by atoms with van der Waals surface area (Å²) in [5, 5.41) is 5.97. The van der Waals surface area contributed by atoms with Gasteiger partial charge in [-0.25, -0.2) is 4.79 Å². The molecular formula is C31H33NO3. The van der Waals surface area contributed by atoms with Gasteiger partial charge in [-0.15, -0.1) is 0 Å². The van der Waals surface area contributed by atoms with Crippen LogP contribution < -0.4 is 10.1 Å². The van der Waals surface area contributed by atoms with Gasteiger partial charge in [0.2, 0.25) is 0 Å². The quantitative estimate of drug-likeness (QED) is 0.277. The van der Waals surface area contributed by atoms with Gasteiger partial charge in [-0.1, -0.05) is 62.4 Å². The summed E-state index contributed by atoms with van der Waals surface area (Å²) in [6, 6.07) is 27.3. The molecule has 0 radical (unpaired) electrons. The summed E-state index contributed by atoms with van der Waals surface area (Å²) in [7, 11) is 3.12. The van der Waals surface area contributed by atoms with Gasteiger partial charge in [0.25, 0.3) is 0 Å². The Bertz CT molecular complexity index is 1340. The highest BCUT2D eigenvalue weighted by molar-refractivity contribution is 5.99. The molecule has 0 aliphatic rings. The molecule has 0 spiro atoms. The lowest BCUT2D eigenvalue weighted by Crippen LogP contribution is -2.18. The number of hydrogen-bond acceptors (Lipinski definition) is 4. The van der Waals surface area contributed by atoms with Crippen LogP contribution in [0.5, 0.6) is 5.75 Å². The number of fused-ring (bicyclic) bond motifs is 1. The van der Waals surface area contributed by atoms with E-state index in [9.17, 15) is 4.79 Å². The number of esters is 1. The van der Waals surface area contributed by atoms with Gasteiger partial charge in [-0.3, -0.25) is 0 Å². The van der Waals surface area contributed by atoms with Crippen LogP contribution in [-0.2, 0) is 11.3 Å². The molecule has 4 heteroatoms. The Morgan fingerprint density at radius 1 is 0.886 bits per heavy atom. The Hall–Kier alpha value is -3.63. The zero-order chi connectivity index (χ0) is 24.9. The van der Waals surface area contributed by atoms with Crippen molar-refractivity contribution in [2.75, 3.05) is 14.2 Å². The van der Waals surface area contributed by atoms with Crippen molar-refractivity contribution in [3.8, 4) is 16.9 Å². The molecule has 4 aromatic rings. The Labute approximate surface area is 207 Å². The molecule has 0 saturated heterocycles. The molecule has 4 rings (SSSR count). The topological polar surface area (TPSA) is 47.6 Å². The maximum atomic E-state index is 12.6. The number of hydrogen-bond donors (Lipinski definition) is 1. The van der Waals surface area contributed by atoms with Crippen molar-refractivity contribution < 1.29 is 14.3 Å². The zero-order valence-electron chi connectivity index (χ0n) is 21.1. The van der Waals surface area contributed by atoms with Crippen molar-refractivity contribution in [2.24, 2.45) is 0 Å². The number of carbonyl (C=O) groups excluding carboxylic acids is 1. The van der Waals surface area contributed by atoms with Crippen molar-refractivity contribution in [1.29, 1.82) is 0 Å². The predicted molar refractivity (Wildman–Crippen MR) is 143 cm³/mol. The van der Waals surface area contributed by atoms with Crippen LogP contribution in [-0.4, -0.2) is 20.2 Å². The lowest BCUT2D eigenvalue weighted by Gasteiger charge is -2.18. The molecule has 0 aliphatic heterocycles. The number of rotatable bonds is 8. The van der Waals surface area contributed by atoms with Crippen molar-refractivity contribution in [3.63, 3.8) is 0 Å². The van der Waals surface area contributed by atoms with Gasteiger partial charge in [0.05, 0.1) is 19.8 Å². The normalized spacial score (nSPS) is 12.1. The van der Waals surface area contributed by atoms with E-state index in [1.54, 1.807) is 7.11 Å². The second-order valence-electron chi connectivity index (χ2n) is 9.19. The Morgan fingerprint density at radius 3 is 2.43 bits per heavy atom. The molecule has 0 fully saturated rings. The maximum Gasteiger partial charge on any atom is 0.338 e. The molecule has 0 saturated carbocycles. The standard InChI is InChI=1S/C31H33NO3/c1-20(2)27-14-13-25(18-30(27)31(33)35-5)29-16-22(15-24-9-6-7-12-28(24)29)19-32-21(3)23-10-8-11-26(17-23)34-4/h6-18,20-21,32H,19H2,1-5H3. The van der Waals surface area contributed by atoms with Crippen LogP contribution >= 0.6 is 0 Å². The van der Waals surface area contributed by atoms with Gasteiger partial charge >= 0.3 is 5.97 Å². The average Bonchev–Trinajstić information content (AvgIpc) is 2.90. The number of nitrogens with one attached hydrogen (secondary N) is 1. The first kappa shape index (κ1) is 24.5. The summed E-state index contributed by atoms with van der Waals surface area (Å²) in [5.41, 5.74) is 6.09. The van der Waals surface area contributed by atoms with Crippen LogP contribution in [0.3, 0.4) is 0 Å². The summed E-state index contributed by atoms with van der Waals surface area (Å²) >= 11 is 0. The monoisotopic (exact) mass is 467 g/mol. The smallest absolute Gasteiger partial charge is 0.338 e. The summed E-state index contributed by atoms with van der Waals surface area (Å²) < 4.78 is 10.5. The van der Waals surface area contributed by atoms with Gasteiger partial charge in [0.1, 0.15) is 5.75 Å². The molecule has 0 aliphatic carbocycles. The molecule has 1 N–H and O–H groups in total. The fourth-order valence-electron chi connectivity index (χ4n) is 4.53. The molecule has 4 aromatic carbocycles. The third-order valence-electron chi connectivity index (χ3n) is 6.52. The van der Waals surface area contributed by atoms with Crippen LogP contribution in [0.1, 0.15) is 59.8 Å². The molecular weight excluding hydrogens is 434 g/mol. The number of ether oxygens (including phenoxy) is 2. The van der Waals surface area contributed by atoms with Gasteiger partial charge < -0.3 is 14.8 Å². The van der Waals surface area contributed by atoms with Crippen LogP contribution in [0.2, 0.25) is 0 Å². The summed E-state index contributed by atoms with van der Waals surface area (Å²) in [6.07, 6.45) is 0. The number of benzene rings is 4. The fourth-order valence-corrected chi connectivity index (χ4v) is 4.53. The highest BCUT2D eigenvalue weighted by Crippen LogP contribution is 2.33. The SMILES string of the molecule is COC(=O)c1cc(-c2cc(CNC(C)c3cccc(OC)c3)cc3ccccc23)ccc1C(C)C. The summed E-state index contributed by atoms with van der Waals surface area (Å²) in [5.74, 6) is 0.781. The molecule has 1 atom stereocenters. The Balaban J connectivity index is 1.71. The van der Waals surface area contributed by atoms with Crippen molar-refractivity contribution in [2.45, 2.75) is 39.3 Å². The van der Waals surface area contributed by atoms with E-state index < -0.39 is 0 Å². The number of carbonyl (C=O) groups is 1. The first-order chi connectivity index (χ1) is 16.9. The van der Waals surface area contributed by atoms with E-state index >= 15 is 0 Å². The lowest BCUT2D eigenvalue weighted by atomic mass is 9.90. The van der Waals surface area contributed by atoms with Crippen molar-refractivity contribution >= 4 is 16.7 Å². The van der Waals surface area contributed by atoms with Gasteiger partial charge in [-0.2, -0.15) is 0 Å². The fraction of sp³-hybridized carbons (Fsp3) is 0.258. The van der Waals surface area contributed by atoms with E-state index in [1.165, 1.54) is 23.6 Å². The minimum absolute atomic E-state index is 0.163. The first-order valence-electron chi connectivity index (χ1n) is 12.0.